The Kier molecular flexibility index (Phi) is 5.07. The molecule has 1 aromatic carbocycles. The summed E-state index contributed by atoms with van der Waals surface area (Å²) in [7, 11) is 0. The van der Waals surface area contributed by atoms with Crippen LogP contribution in [0.3, 0.4) is 0 Å². The van der Waals surface area contributed by atoms with Gasteiger partial charge in [-0.25, -0.2) is 4.98 Å². The van der Waals surface area contributed by atoms with Crippen LogP contribution in [0.2, 0.25) is 0 Å². The molecule has 2 aliphatic heterocycles. The second-order valence-electron chi connectivity index (χ2n) is 7.66. The van der Waals surface area contributed by atoms with Crippen molar-refractivity contribution in [1.82, 2.24) is 19.8 Å². The quantitative estimate of drug-likeness (QED) is 0.900. The highest BCUT2D eigenvalue weighted by Gasteiger charge is 2.27. The van der Waals surface area contributed by atoms with E-state index in [2.05, 4.69) is 39.1 Å². The number of carbonyl (C=O) groups excluding carboxylic acids is 1. The van der Waals surface area contributed by atoms with Crippen molar-refractivity contribution >= 4 is 5.91 Å². The number of rotatable bonds is 3. The molecule has 1 N–H and O–H groups in total. The largest absolute Gasteiger partial charge is 0.341 e. The minimum atomic E-state index is -0.118. The molecule has 0 spiro atoms. The summed E-state index contributed by atoms with van der Waals surface area (Å²) in [6, 6.07) is 10.1. The van der Waals surface area contributed by atoms with Gasteiger partial charge in [0.15, 0.2) is 0 Å². The molecule has 0 radical (unpaired) electrons. The van der Waals surface area contributed by atoms with E-state index in [1.54, 1.807) is 13.0 Å². The highest BCUT2D eigenvalue weighted by Crippen LogP contribution is 2.25. The molecule has 0 bridgehead atoms. The maximum Gasteiger partial charge on any atom is 0.251 e. The molecule has 27 heavy (non-hydrogen) atoms. The van der Waals surface area contributed by atoms with Crippen LogP contribution in [-0.4, -0.2) is 51.9 Å². The van der Waals surface area contributed by atoms with Crippen LogP contribution in [0.1, 0.15) is 41.4 Å². The molecule has 4 rings (SSSR count). The van der Waals surface area contributed by atoms with Gasteiger partial charge >= 0.3 is 0 Å². The summed E-state index contributed by atoms with van der Waals surface area (Å²) in [5, 5.41) is 0. The van der Waals surface area contributed by atoms with E-state index < -0.39 is 0 Å². The van der Waals surface area contributed by atoms with Crippen LogP contribution in [0.4, 0.5) is 0 Å². The molecule has 1 aromatic heterocycles. The standard InChI is InChI=1S/C21H26N4O2/c1-15-22-19(11-20(26)23-15)18-7-4-9-25(13-18)21(27)14-24-10-8-16-5-2-3-6-17(16)12-24/h2-3,5-6,11,18H,4,7-10,12-14H2,1H3,(H,22,23,26)/t18-/m0/s1. The molecule has 142 valence electrons. The first-order valence-electron chi connectivity index (χ1n) is 9.73. The lowest BCUT2D eigenvalue weighted by atomic mass is 9.94. The first-order valence-corrected chi connectivity index (χ1v) is 9.73. The Balaban J connectivity index is 1.40. The molecular formula is C21H26N4O2. The molecule has 0 aliphatic carbocycles. The Morgan fingerprint density at radius 1 is 1.26 bits per heavy atom. The Labute approximate surface area is 159 Å². The van der Waals surface area contributed by atoms with Gasteiger partial charge in [-0.15, -0.1) is 0 Å². The summed E-state index contributed by atoms with van der Waals surface area (Å²) < 4.78 is 0. The Morgan fingerprint density at radius 2 is 2.07 bits per heavy atom. The van der Waals surface area contributed by atoms with Crippen molar-refractivity contribution in [1.29, 1.82) is 0 Å². The van der Waals surface area contributed by atoms with Gasteiger partial charge in [0.25, 0.3) is 5.56 Å². The van der Waals surface area contributed by atoms with Gasteiger partial charge in [0.05, 0.1) is 12.2 Å². The number of aromatic nitrogens is 2. The summed E-state index contributed by atoms with van der Waals surface area (Å²) in [6.07, 6.45) is 2.92. The second-order valence-corrected chi connectivity index (χ2v) is 7.66. The highest BCUT2D eigenvalue weighted by atomic mass is 16.2. The van der Waals surface area contributed by atoms with E-state index in [4.69, 9.17) is 0 Å². The van der Waals surface area contributed by atoms with Crippen LogP contribution in [0, 0.1) is 6.92 Å². The molecule has 1 amide bonds. The number of nitrogens with zero attached hydrogens (tertiary/aromatic N) is 3. The van der Waals surface area contributed by atoms with Crippen molar-refractivity contribution in [3.05, 3.63) is 63.3 Å². The topological polar surface area (TPSA) is 69.3 Å². The van der Waals surface area contributed by atoms with Gasteiger partial charge in [0, 0.05) is 38.2 Å². The van der Waals surface area contributed by atoms with Crippen LogP contribution >= 0.6 is 0 Å². The zero-order valence-electron chi connectivity index (χ0n) is 15.8. The number of likely N-dealkylation sites (tertiary alicyclic amines) is 1. The summed E-state index contributed by atoms with van der Waals surface area (Å²) in [5.74, 6) is 0.958. The van der Waals surface area contributed by atoms with Crippen molar-refractivity contribution in [3.63, 3.8) is 0 Å². The van der Waals surface area contributed by atoms with E-state index in [1.807, 2.05) is 4.90 Å². The lowest BCUT2D eigenvalue weighted by molar-refractivity contribution is -0.133. The molecule has 6 heteroatoms. The average molecular weight is 366 g/mol. The van der Waals surface area contributed by atoms with Gasteiger partial charge in [0.1, 0.15) is 5.82 Å². The number of H-pyrrole nitrogens is 1. The third kappa shape index (κ3) is 4.11. The minimum Gasteiger partial charge on any atom is -0.341 e. The Bertz CT molecular complexity index is 892. The van der Waals surface area contributed by atoms with Crippen molar-refractivity contribution in [3.8, 4) is 0 Å². The van der Waals surface area contributed by atoms with Gasteiger partial charge in [-0.3, -0.25) is 14.5 Å². The first kappa shape index (κ1) is 17.9. The second kappa shape index (κ2) is 7.64. The lowest BCUT2D eigenvalue weighted by Gasteiger charge is -2.35. The number of hydrogen-bond acceptors (Lipinski definition) is 4. The third-order valence-electron chi connectivity index (χ3n) is 5.64. The molecule has 1 saturated heterocycles. The van der Waals surface area contributed by atoms with Gasteiger partial charge < -0.3 is 9.88 Å². The van der Waals surface area contributed by atoms with Crippen molar-refractivity contribution in [2.75, 3.05) is 26.2 Å². The number of amides is 1. The lowest BCUT2D eigenvalue weighted by Crippen LogP contribution is -2.45. The maximum atomic E-state index is 12.9. The molecule has 1 atom stereocenters. The zero-order chi connectivity index (χ0) is 18.8. The number of aryl methyl sites for hydroxylation is 1. The predicted molar refractivity (Wildman–Crippen MR) is 104 cm³/mol. The Hall–Kier alpha value is -2.47. The van der Waals surface area contributed by atoms with Crippen LogP contribution in [0.25, 0.3) is 0 Å². The first-order chi connectivity index (χ1) is 13.1. The van der Waals surface area contributed by atoms with E-state index in [0.717, 1.165) is 44.6 Å². The summed E-state index contributed by atoms with van der Waals surface area (Å²) in [4.78, 5) is 36.0. The zero-order valence-corrected chi connectivity index (χ0v) is 15.8. The summed E-state index contributed by atoms with van der Waals surface area (Å²) >= 11 is 0. The molecule has 2 aliphatic rings. The van der Waals surface area contributed by atoms with E-state index in [-0.39, 0.29) is 17.4 Å². The average Bonchev–Trinajstić information content (AvgIpc) is 2.67. The fourth-order valence-corrected chi connectivity index (χ4v) is 4.24. The van der Waals surface area contributed by atoms with Crippen molar-refractivity contribution < 1.29 is 4.79 Å². The van der Waals surface area contributed by atoms with Crippen molar-refractivity contribution in [2.24, 2.45) is 0 Å². The molecule has 0 unspecified atom stereocenters. The fraction of sp³-hybridized carbons (Fsp3) is 0.476. The van der Waals surface area contributed by atoms with Crippen LogP contribution in [0.5, 0.6) is 0 Å². The third-order valence-corrected chi connectivity index (χ3v) is 5.64. The molecule has 6 nitrogen and oxygen atoms in total. The molecule has 3 heterocycles. The minimum absolute atomic E-state index is 0.118. The number of aromatic amines is 1. The fourth-order valence-electron chi connectivity index (χ4n) is 4.24. The summed E-state index contributed by atoms with van der Waals surface area (Å²) in [5.41, 5.74) is 3.42. The number of carbonyl (C=O) groups is 1. The van der Waals surface area contributed by atoms with Gasteiger partial charge in [-0.1, -0.05) is 24.3 Å². The van der Waals surface area contributed by atoms with Gasteiger partial charge in [-0.05, 0) is 37.3 Å². The number of piperidine rings is 1. The van der Waals surface area contributed by atoms with Crippen LogP contribution < -0.4 is 5.56 Å². The van der Waals surface area contributed by atoms with E-state index in [1.165, 1.54) is 11.1 Å². The molecule has 2 aromatic rings. The number of nitrogens with one attached hydrogen (secondary N) is 1. The number of benzene rings is 1. The Morgan fingerprint density at radius 3 is 2.89 bits per heavy atom. The van der Waals surface area contributed by atoms with Crippen LogP contribution in [0.15, 0.2) is 35.1 Å². The predicted octanol–water partition coefficient (Wildman–Crippen LogP) is 1.84. The van der Waals surface area contributed by atoms with Gasteiger partial charge in [0.2, 0.25) is 5.91 Å². The van der Waals surface area contributed by atoms with E-state index in [0.29, 0.717) is 18.9 Å². The van der Waals surface area contributed by atoms with E-state index >= 15 is 0 Å². The number of hydrogen-bond donors (Lipinski definition) is 1. The number of fused-ring (bicyclic) bond motifs is 1. The normalized spacial score (nSPS) is 20.3. The molecule has 1 fully saturated rings. The molecular weight excluding hydrogens is 340 g/mol. The van der Waals surface area contributed by atoms with Crippen LogP contribution in [-0.2, 0) is 17.8 Å². The SMILES string of the molecule is Cc1nc([C@H]2CCCN(C(=O)CN3CCc4ccccc4C3)C2)cc(=O)[nH]1. The monoisotopic (exact) mass is 366 g/mol. The smallest absolute Gasteiger partial charge is 0.251 e. The van der Waals surface area contributed by atoms with Crippen molar-refractivity contribution in [2.45, 2.75) is 38.6 Å². The van der Waals surface area contributed by atoms with Gasteiger partial charge in [-0.2, -0.15) is 0 Å². The highest BCUT2D eigenvalue weighted by molar-refractivity contribution is 5.78. The molecule has 0 saturated carbocycles. The van der Waals surface area contributed by atoms with E-state index in [9.17, 15) is 9.59 Å². The summed E-state index contributed by atoms with van der Waals surface area (Å²) in [6.45, 7) is 5.47. The maximum absolute atomic E-state index is 12.9.